The van der Waals surface area contributed by atoms with E-state index in [1.807, 2.05) is 0 Å². The molecule has 0 aromatic rings. The van der Waals surface area contributed by atoms with Crippen LogP contribution in [0.15, 0.2) is 0 Å². The maximum absolute atomic E-state index is 11.6. The molecular weight excluding hydrogens is 285 g/mol. The minimum Gasteiger partial charge on any atom is -0.253 e. The van der Waals surface area contributed by atoms with Crippen molar-refractivity contribution in [2.45, 2.75) is 36.1 Å². The third-order valence-electron chi connectivity index (χ3n) is 2.49. The zero-order valence-corrected chi connectivity index (χ0v) is 11.6. The molecule has 4 nitrogen and oxygen atoms in total. The lowest BCUT2D eigenvalue weighted by atomic mass is 10.2. The van der Waals surface area contributed by atoms with Gasteiger partial charge in [-0.1, -0.05) is 34.8 Å². The van der Waals surface area contributed by atoms with E-state index in [1.165, 1.54) is 4.31 Å². The Morgan fingerprint density at radius 1 is 1.40 bits per heavy atom. The Bertz CT molecular complexity index is 349. The van der Waals surface area contributed by atoms with Crippen molar-refractivity contribution in [3.05, 3.63) is 0 Å². The van der Waals surface area contributed by atoms with Crippen LogP contribution in [0.5, 0.6) is 0 Å². The third kappa shape index (κ3) is 3.11. The molecule has 1 heterocycles. The molecule has 0 aromatic heterocycles. The fourth-order valence-corrected chi connectivity index (χ4v) is 3.45. The zero-order chi connectivity index (χ0) is 12.1. The first kappa shape index (κ1) is 13.8. The fraction of sp³-hybridized carbons (Fsp3) is 1.00. The molecule has 1 aliphatic rings. The molecule has 0 bridgehead atoms. The maximum Gasteiger partial charge on any atom is 0.339 e. The van der Waals surface area contributed by atoms with E-state index in [9.17, 15) is 8.42 Å². The summed E-state index contributed by atoms with van der Waals surface area (Å²) >= 11 is 16.2. The Hall–Kier alpha value is 0.740. The van der Waals surface area contributed by atoms with E-state index >= 15 is 0 Å². The summed E-state index contributed by atoms with van der Waals surface area (Å²) in [6.45, 7) is 4.90. The van der Waals surface area contributed by atoms with Crippen LogP contribution in [-0.2, 0) is 14.5 Å². The highest BCUT2D eigenvalue weighted by molar-refractivity contribution is 7.84. The predicted octanol–water partition coefficient (Wildman–Crippen LogP) is 2.10. The van der Waals surface area contributed by atoms with Gasteiger partial charge in [-0.05, 0) is 20.8 Å². The molecule has 90 valence electrons. The first-order chi connectivity index (χ1) is 6.48. The Balaban J connectivity index is 2.64. The molecule has 1 aliphatic heterocycles. The maximum atomic E-state index is 11.6. The largest absolute Gasteiger partial charge is 0.339 e. The summed E-state index contributed by atoms with van der Waals surface area (Å²) in [5.41, 5.74) is -0.424. The van der Waals surface area contributed by atoms with Crippen molar-refractivity contribution in [1.82, 2.24) is 4.31 Å². The van der Waals surface area contributed by atoms with Crippen molar-refractivity contribution in [3.63, 3.8) is 0 Å². The number of nitrogens with zero attached hydrogens (tertiary/aromatic N) is 1. The molecule has 0 spiro atoms. The lowest BCUT2D eigenvalue weighted by Crippen LogP contribution is -2.25. The van der Waals surface area contributed by atoms with Crippen molar-refractivity contribution in [3.8, 4) is 0 Å². The van der Waals surface area contributed by atoms with E-state index in [0.29, 0.717) is 0 Å². The smallest absolute Gasteiger partial charge is 0.253 e. The number of rotatable bonds is 3. The number of hydrogen-bond acceptors (Lipinski definition) is 3. The van der Waals surface area contributed by atoms with Gasteiger partial charge in [0.2, 0.25) is 3.79 Å². The van der Waals surface area contributed by atoms with Crippen molar-refractivity contribution in [2.24, 2.45) is 0 Å². The van der Waals surface area contributed by atoms with Crippen LogP contribution in [-0.4, -0.2) is 34.7 Å². The fourth-order valence-electron chi connectivity index (χ4n) is 1.32. The Morgan fingerprint density at radius 2 is 1.80 bits per heavy atom. The summed E-state index contributed by atoms with van der Waals surface area (Å²) in [7, 11) is -3.80. The van der Waals surface area contributed by atoms with Gasteiger partial charge >= 0.3 is 10.3 Å². The van der Waals surface area contributed by atoms with E-state index in [-0.39, 0.29) is 6.04 Å². The van der Waals surface area contributed by atoms with Gasteiger partial charge in [-0.25, -0.2) is 0 Å². The van der Waals surface area contributed by atoms with Crippen LogP contribution >= 0.6 is 34.8 Å². The van der Waals surface area contributed by atoms with E-state index in [0.717, 1.165) is 0 Å². The highest BCUT2D eigenvalue weighted by atomic mass is 35.6. The molecule has 15 heavy (non-hydrogen) atoms. The topological polar surface area (TPSA) is 46.4 Å². The van der Waals surface area contributed by atoms with E-state index in [2.05, 4.69) is 4.18 Å². The summed E-state index contributed by atoms with van der Waals surface area (Å²) < 4.78 is 27.3. The van der Waals surface area contributed by atoms with Gasteiger partial charge < -0.3 is 0 Å². The highest BCUT2D eigenvalue weighted by Crippen LogP contribution is 2.43. The first-order valence-corrected chi connectivity index (χ1v) is 6.74. The van der Waals surface area contributed by atoms with Gasteiger partial charge in [0.25, 0.3) is 0 Å². The molecule has 0 saturated carbocycles. The van der Waals surface area contributed by atoms with Crippen LogP contribution in [0.2, 0.25) is 0 Å². The van der Waals surface area contributed by atoms with Crippen LogP contribution in [0.1, 0.15) is 20.8 Å². The average Bonchev–Trinajstić information content (AvgIpc) is 2.47. The Kier molecular flexibility index (Phi) is 3.58. The minimum absolute atomic E-state index is 0.0992. The summed E-state index contributed by atoms with van der Waals surface area (Å²) in [5.74, 6) is 0. The molecule has 0 amide bonds. The highest BCUT2D eigenvalue weighted by Gasteiger charge is 2.60. The van der Waals surface area contributed by atoms with Crippen LogP contribution in [0.4, 0.5) is 0 Å². The first-order valence-electron chi connectivity index (χ1n) is 4.24. The van der Waals surface area contributed by atoms with E-state index in [4.69, 9.17) is 34.8 Å². The molecule has 2 atom stereocenters. The third-order valence-corrected chi connectivity index (χ3v) is 4.50. The van der Waals surface area contributed by atoms with Gasteiger partial charge in [0.05, 0.1) is 0 Å². The number of hydrogen-bond donors (Lipinski definition) is 0. The Morgan fingerprint density at radius 3 is 2.07 bits per heavy atom. The zero-order valence-electron chi connectivity index (χ0n) is 8.50. The van der Waals surface area contributed by atoms with Gasteiger partial charge in [-0.15, -0.1) is 0 Å². The molecule has 1 saturated heterocycles. The van der Waals surface area contributed by atoms with Gasteiger partial charge in [0, 0.05) is 11.6 Å². The van der Waals surface area contributed by atoms with E-state index in [1.54, 1.807) is 20.8 Å². The van der Waals surface area contributed by atoms with Crippen LogP contribution < -0.4 is 0 Å². The number of halogens is 3. The molecule has 8 heteroatoms. The van der Waals surface area contributed by atoms with Gasteiger partial charge in [-0.3, -0.25) is 4.18 Å². The molecule has 0 radical (unpaired) electrons. The monoisotopic (exact) mass is 295 g/mol. The van der Waals surface area contributed by atoms with Crippen molar-refractivity contribution < 1.29 is 12.6 Å². The van der Waals surface area contributed by atoms with Crippen LogP contribution in [0, 0.1) is 0 Å². The molecule has 1 fully saturated rings. The molecule has 1 rings (SSSR count). The SMILES string of the molecule is C[C@H]1N(S(=O)(=O)OCC(Cl)(Cl)Cl)C1(C)C. The second-order valence-corrected chi connectivity index (χ2v) is 7.96. The molecular formula is C7H12Cl3NO3S. The summed E-state index contributed by atoms with van der Waals surface area (Å²) in [6.07, 6.45) is 0. The van der Waals surface area contributed by atoms with Gasteiger partial charge in [-0.2, -0.15) is 12.7 Å². The molecule has 0 aliphatic carbocycles. The van der Waals surface area contributed by atoms with Gasteiger partial charge in [0.15, 0.2) is 0 Å². The molecule has 0 N–H and O–H groups in total. The van der Waals surface area contributed by atoms with Crippen molar-refractivity contribution >= 4 is 45.1 Å². The van der Waals surface area contributed by atoms with Crippen molar-refractivity contribution in [2.75, 3.05) is 6.61 Å². The van der Waals surface area contributed by atoms with Gasteiger partial charge in [0.1, 0.15) is 6.61 Å². The van der Waals surface area contributed by atoms with Crippen molar-refractivity contribution in [1.29, 1.82) is 0 Å². The van der Waals surface area contributed by atoms with E-state index < -0.39 is 26.2 Å². The summed E-state index contributed by atoms with van der Waals surface area (Å²) in [4.78, 5) is 0. The molecule has 1 unspecified atom stereocenters. The molecule has 0 aromatic carbocycles. The van der Waals surface area contributed by atoms with Crippen LogP contribution in [0.25, 0.3) is 0 Å². The summed E-state index contributed by atoms with van der Waals surface area (Å²) in [6, 6.07) is -0.0992. The average molecular weight is 297 g/mol. The minimum atomic E-state index is -3.80. The Labute approximate surface area is 105 Å². The van der Waals surface area contributed by atoms with Crippen LogP contribution in [0.3, 0.4) is 0 Å². The quantitative estimate of drug-likeness (QED) is 0.592. The number of alkyl halides is 3. The lowest BCUT2D eigenvalue weighted by molar-refractivity contribution is 0.299. The predicted molar refractivity (Wildman–Crippen MR) is 60.5 cm³/mol. The second kappa shape index (κ2) is 3.89. The summed E-state index contributed by atoms with van der Waals surface area (Å²) in [5, 5.41) is 0. The lowest BCUT2D eigenvalue weighted by Gasteiger charge is -2.12. The standard InChI is InChI=1S/C7H12Cl3NO3S/c1-5-6(2,3)11(5)15(12,13)14-4-7(8,9)10/h5H,4H2,1-3H3/t5-,11?/m1/s1. The normalized spacial score (nSPS) is 30.3. The second-order valence-electron chi connectivity index (χ2n) is 3.96.